The fourth-order valence-corrected chi connectivity index (χ4v) is 4.73. The quantitative estimate of drug-likeness (QED) is 0.368. The molecule has 4 N–H and O–H groups in total. The van der Waals surface area contributed by atoms with Crippen LogP contribution in [0.25, 0.3) is 0 Å². The molecule has 0 saturated carbocycles. The minimum absolute atomic E-state index is 0.549. The average molecular weight is 523 g/mol. The van der Waals surface area contributed by atoms with E-state index in [-0.39, 0.29) is 0 Å². The monoisotopic (exact) mass is 522 g/mol. The van der Waals surface area contributed by atoms with Gasteiger partial charge in [0.25, 0.3) is 0 Å². The highest BCUT2D eigenvalue weighted by Crippen LogP contribution is 2.30. The van der Waals surface area contributed by atoms with Crippen LogP contribution >= 0.6 is 0 Å². The Labute approximate surface area is 221 Å². The van der Waals surface area contributed by atoms with Crippen molar-refractivity contribution in [1.29, 1.82) is 0 Å². The van der Waals surface area contributed by atoms with Gasteiger partial charge in [0.05, 0.1) is 0 Å². The Morgan fingerprint density at radius 3 is 1.42 bits per heavy atom. The molecule has 10 nitrogen and oxygen atoms in total. The molecule has 38 heavy (non-hydrogen) atoms. The summed E-state index contributed by atoms with van der Waals surface area (Å²) >= 11 is 0. The Hall–Kier alpha value is -4.02. The third-order valence-corrected chi connectivity index (χ3v) is 6.75. The molecule has 1 aromatic carbocycles. The van der Waals surface area contributed by atoms with Crippen LogP contribution in [0.5, 0.6) is 11.5 Å². The molecule has 2 aliphatic rings. The molecule has 0 aliphatic carbocycles. The summed E-state index contributed by atoms with van der Waals surface area (Å²) in [5, 5.41) is 35.2. The van der Waals surface area contributed by atoms with E-state index >= 15 is 0 Å². The number of hydrogen-bond acceptors (Lipinski definition) is 8. The van der Waals surface area contributed by atoms with Crippen molar-refractivity contribution in [3.63, 3.8) is 0 Å². The van der Waals surface area contributed by atoms with Crippen molar-refractivity contribution < 1.29 is 30.0 Å². The molecular weight excluding hydrogens is 488 g/mol. The summed E-state index contributed by atoms with van der Waals surface area (Å²) in [5.41, 5.74) is 1.62. The standard InChI is InChI=1S/2C10H14N2.C8H6O6/c2*1-12-7-3-5-10(12)9-4-2-6-11-8-9;9-5-1-3(7(11)12)6(10)2-4(5)8(13)14/h2*2,4,6,8,10H,3,5,7H2,1H3;1-2,9-10H,(H,11,12)(H,13,14)/t2*10-;/m00./s1. The van der Waals surface area contributed by atoms with Gasteiger partial charge in [-0.3, -0.25) is 19.8 Å². The highest BCUT2D eigenvalue weighted by molar-refractivity contribution is 5.96. The van der Waals surface area contributed by atoms with E-state index < -0.39 is 34.6 Å². The van der Waals surface area contributed by atoms with Gasteiger partial charge in [0, 0.05) is 36.9 Å². The van der Waals surface area contributed by atoms with E-state index in [4.69, 9.17) is 20.4 Å². The zero-order chi connectivity index (χ0) is 27.7. The SMILES string of the molecule is CN1CCC[C@H]1c1cccnc1.CN1CCC[C@H]1c1cccnc1.O=C(O)c1cc(O)c(C(=O)O)cc1O. The van der Waals surface area contributed by atoms with E-state index in [2.05, 4.69) is 46.0 Å². The molecule has 0 bridgehead atoms. The van der Waals surface area contributed by atoms with Crippen LogP contribution in [-0.4, -0.2) is 79.3 Å². The highest BCUT2D eigenvalue weighted by atomic mass is 16.4. The second-order valence-electron chi connectivity index (χ2n) is 9.35. The molecule has 2 aromatic heterocycles. The van der Waals surface area contributed by atoms with Crippen molar-refractivity contribution in [3.05, 3.63) is 83.4 Å². The first kappa shape index (κ1) is 28.5. The summed E-state index contributed by atoms with van der Waals surface area (Å²) in [6.07, 6.45) is 12.8. The molecule has 4 heterocycles. The lowest BCUT2D eigenvalue weighted by molar-refractivity contribution is 0.0675. The smallest absolute Gasteiger partial charge is 0.339 e. The van der Waals surface area contributed by atoms with Gasteiger partial charge in [0.15, 0.2) is 0 Å². The van der Waals surface area contributed by atoms with Crippen molar-refractivity contribution >= 4 is 11.9 Å². The van der Waals surface area contributed by atoms with Gasteiger partial charge in [-0.25, -0.2) is 9.59 Å². The number of benzene rings is 1. The zero-order valence-electron chi connectivity index (χ0n) is 21.6. The minimum atomic E-state index is -1.45. The normalized spacial score (nSPS) is 19.1. The van der Waals surface area contributed by atoms with Gasteiger partial charge in [-0.1, -0.05) is 12.1 Å². The topological polar surface area (TPSA) is 147 Å². The fraction of sp³-hybridized carbons (Fsp3) is 0.357. The highest BCUT2D eigenvalue weighted by Gasteiger charge is 2.23. The van der Waals surface area contributed by atoms with Crippen LogP contribution in [0.4, 0.5) is 0 Å². The van der Waals surface area contributed by atoms with Crippen LogP contribution in [0.2, 0.25) is 0 Å². The molecule has 0 radical (unpaired) electrons. The lowest BCUT2D eigenvalue weighted by Crippen LogP contribution is -2.17. The van der Waals surface area contributed by atoms with Gasteiger partial charge < -0.3 is 20.4 Å². The number of phenols is 2. The number of rotatable bonds is 4. The molecule has 0 unspecified atom stereocenters. The lowest BCUT2D eigenvalue weighted by Gasteiger charge is -2.18. The predicted octanol–water partition coefficient (Wildman–Crippen LogP) is 4.19. The maximum Gasteiger partial charge on any atom is 0.339 e. The minimum Gasteiger partial charge on any atom is -0.507 e. The van der Waals surface area contributed by atoms with E-state index in [1.54, 1.807) is 0 Å². The van der Waals surface area contributed by atoms with Gasteiger partial charge in [0.1, 0.15) is 22.6 Å². The summed E-state index contributed by atoms with van der Waals surface area (Å²) in [6.45, 7) is 2.44. The zero-order valence-corrected chi connectivity index (χ0v) is 21.6. The average Bonchev–Trinajstić information content (AvgIpc) is 3.54. The molecule has 2 saturated heterocycles. The summed E-state index contributed by atoms with van der Waals surface area (Å²) in [6, 6.07) is 10.9. The first-order chi connectivity index (χ1) is 18.2. The third kappa shape index (κ3) is 7.50. The summed E-state index contributed by atoms with van der Waals surface area (Å²) in [5.74, 6) is -4.30. The van der Waals surface area contributed by atoms with Gasteiger partial charge in [-0.2, -0.15) is 0 Å². The van der Waals surface area contributed by atoms with Crippen molar-refractivity contribution in [1.82, 2.24) is 19.8 Å². The summed E-state index contributed by atoms with van der Waals surface area (Å²) in [4.78, 5) is 33.9. The van der Waals surface area contributed by atoms with Crippen LogP contribution in [0.15, 0.2) is 61.2 Å². The number of likely N-dealkylation sites (tertiary alicyclic amines) is 2. The number of aromatic hydroxyl groups is 2. The molecule has 0 amide bonds. The number of carboxylic acid groups (broad SMARTS) is 2. The van der Waals surface area contributed by atoms with Crippen LogP contribution in [0.1, 0.15) is 69.6 Å². The molecule has 2 aliphatic heterocycles. The van der Waals surface area contributed by atoms with Crippen molar-refractivity contribution in [2.75, 3.05) is 27.2 Å². The van der Waals surface area contributed by atoms with Gasteiger partial charge in [0.2, 0.25) is 0 Å². The van der Waals surface area contributed by atoms with E-state index in [0.29, 0.717) is 24.2 Å². The maximum atomic E-state index is 10.4. The Balaban J connectivity index is 0.000000158. The van der Waals surface area contributed by atoms with Crippen molar-refractivity contribution in [2.45, 2.75) is 37.8 Å². The van der Waals surface area contributed by atoms with Crippen molar-refractivity contribution in [2.24, 2.45) is 0 Å². The maximum absolute atomic E-state index is 10.4. The summed E-state index contributed by atoms with van der Waals surface area (Å²) in [7, 11) is 4.37. The van der Waals surface area contributed by atoms with Crippen LogP contribution in [-0.2, 0) is 0 Å². The Morgan fingerprint density at radius 2 is 1.16 bits per heavy atom. The molecule has 2 fully saturated rings. The number of pyridine rings is 2. The fourth-order valence-electron chi connectivity index (χ4n) is 4.73. The molecule has 10 heteroatoms. The molecule has 3 aromatic rings. The molecule has 5 rings (SSSR count). The van der Waals surface area contributed by atoms with Gasteiger partial charge in [-0.05, 0) is 88.3 Å². The molecule has 202 valence electrons. The third-order valence-electron chi connectivity index (χ3n) is 6.75. The predicted molar refractivity (Wildman–Crippen MR) is 141 cm³/mol. The van der Waals surface area contributed by atoms with Crippen LogP contribution in [0, 0.1) is 0 Å². The Bertz CT molecular complexity index is 1110. The number of aromatic carboxylic acids is 2. The second kappa shape index (κ2) is 13.5. The Kier molecular flexibility index (Phi) is 10.1. The van der Waals surface area contributed by atoms with Gasteiger partial charge in [-0.15, -0.1) is 0 Å². The second-order valence-corrected chi connectivity index (χ2v) is 9.35. The number of nitrogens with zero attached hydrogens (tertiary/aromatic N) is 4. The number of carbonyl (C=O) groups is 2. The first-order valence-electron chi connectivity index (χ1n) is 12.4. The lowest BCUT2D eigenvalue weighted by atomic mass is 10.1. The van der Waals surface area contributed by atoms with Gasteiger partial charge >= 0.3 is 11.9 Å². The number of hydrogen-bond donors (Lipinski definition) is 4. The molecule has 2 atom stereocenters. The van der Waals surface area contributed by atoms with Crippen LogP contribution in [0.3, 0.4) is 0 Å². The van der Waals surface area contributed by atoms with E-state index in [0.717, 1.165) is 0 Å². The van der Waals surface area contributed by atoms with E-state index in [1.165, 1.54) is 49.9 Å². The van der Waals surface area contributed by atoms with E-state index in [9.17, 15) is 9.59 Å². The first-order valence-corrected chi connectivity index (χ1v) is 12.4. The van der Waals surface area contributed by atoms with Crippen molar-refractivity contribution in [3.8, 4) is 11.5 Å². The van der Waals surface area contributed by atoms with E-state index in [1.807, 2.05) is 36.9 Å². The summed E-state index contributed by atoms with van der Waals surface area (Å²) < 4.78 is 0. The molecular formula is C28H34N4O6. The van der Waals surface area contributed by atoms with Crippen LogP contribution < -0.4 is 0 Å². The number of aromatic nitrogens is 2. The Morgan fingerprint density at radius 1 is 0.763 bits per heavy atom. The number of carboxylic acids is 2. The molecule has 0 spiro atoms. The largest absolute Gasteiger partial charge is 0.507 e.